The molecule has 0 aliphatic heterocycles. The second-order valence-electron chi connectivity index (χ2n) is 11.1. The molecule has 0 N–H and O–H groups in total. The molecule has 194 valence electrons. The van der Waals surface area contributed by atoms with Crippen molar-refractivity contribution in [3.63, 3.8) is 0 Å². The molecule has 0 amide bonds. The third kappa shape index (κ3) is 3.40. The van der Waals surface area contributed by atoms with E-state index >= 15 is 0 Å². The summed E-state index contributed by atoms with van der Waals surface area (Å²) < 4.78 is 4.91. The van der Waals surface area contributed by atoms with Crippen LogP contribution in [0.15, 0.2) is 91.1 Å². The van der Waals surface area contributed by atoms with Crippen LogP contribution in [0.3, 0.4) is 0 Å². The lowest BCUT2D eigenvalue weighted by atomic mass is 9.98. The average Bonchev–Trinajstić information content (AvgIpc) is 3.51. The van der Waals surface area contributed by atoms with E-state index in [1.807, 2.05) is 6.20 Å². The van der Waals surface area contributed by atoms with E-state index < -0.39 is 0 Å². The van der Waals surface area contributed by atoms with Crippen LogP contribution in [0.25, 0.3) is 56.5 Å². The number of hydrogen-bond donors (Lipinski definition) is 0. The van der Waals surface area contributed by atoms with Crippen LogP contribution >= 0.6 is 0 Å². The summed E-state index contributed by atoms with van der Waals surface area (Å²) in [6, 6.07) is 26.8. The molecule has 3 heterocycles. The second kappa shape index (κ2) is 8.96. The number of pyridine rings is 1. The maximum Gasteiger partial charge on any atom is 0.0648 e. The fraction of sp³-hybridized carbons (Fsp3) is 0.162. The Morgan fingerprint density at radius 3 is 1.85 bits per heavy atom. The Morgan fingerprint density at radius 2 is 1.20 bits per heavy atom. The summed E-state index contributed by atoms with van der Waals surface area (Å²) in [4.78, 5) is 4.97. The number of hydrogen-bond acceptors (Lipinski definition) is 1. The minimum Gasteiger partial charge on any atom is -0.313 e. The van der Waals surface area contributed by atoms with E-state index in [4.69, 9.17) is 4.98 Å². The van der Waals surface area contributed by atoms with Gasteiger partial charge in [-0.2, -0.15) is 0 Å². The molecule has 0 unspecified atom stereocenters. The minimum atomic E-state index is 1.04. The van der Waals surface area contributed by atoms with Crippen LogP contribution in [0.2, 0.25) is 0 Å². The highest BCUT2D eigenvalue weighted by Gasteiger charge is 2.21. The molecule has 3 aromatic heterocycles. The first kappa shape index (κ1) is 23.3. The molecule has 3 heteroatoms. The molecule has 0 bridgehead atoms. The standard InChI is InChI=1S/C37H31N3/c1-24-19-20-26(39-34-15-7-3-11-28(34)29-12-4-8-16-35(29)39)21-32(24)33-22-27(23-38-25(33)2)40-36-17-9-5-13-30(36)31-14-6-10-18-37(31)40/h3-7,9,11-15,17,19-23H,8,10,16,18H2,1-2H3. The van der Waals surface area contributed by atoms with Gasteiger partial charge in [-0.05, 0) is 81.0 Å². The van der Waals surface area contributed by atoms with E-state index in [0.717, 1.165) is 37.1 Å². The van der Waals surface area contributed by atoms with Gasteiger partial charge < -0.3 is 9.13 Å². The number of rotatable bonds is 3. The number of benzene rings is 3. The van der Waals surface area contributed by atoms with Gasteiger partial charge in [0.15, 0.2) is 0 Å². The molecule has 40 heavy (non-hydrogen) atoms. The van der Waals surface area contributed by atoms with Crippen molar-refractivity contribution >= 4 is 34.0 Å². The molecule has 0 saturated carbocycles. The molecule has 2 aliphatic carbocycles. The van der Waals surface area contributed by atoms with Crippen molar-refractivity contribution in [3.05, 3.63) is 125 Å². The Balaban J connectivity index is 1.33. The van der Waals surface area contributed by atoms with Crippen molar-refractivity contribution in [1.82, 2.24) is 14.1 Å². The Labute approximate surface area is 234 Å². The van der Waals surface area contributed by atoms with Gasteiger partial charge in [0.25, 0.3) is 0 Å². The van der Waals surface area contributed by atoms with Gasteiger partial charge in [-0.1, -0.05) is 66.8 Å². The molecule has 3 nitrogen and oxygen atoms in total. The van der Waals surface area contributed by atoms with Gasteiger partial charge in [0, 0.05) is 50.2 Å². The van der Waals surface area contributed by atoms with Gasteiger partial charge in [0.2, 0.25) is 0 Å². The summed E-state index contributed by atoms with van der Waals surface area (Å²) in [6.07, 6.45) is 15.5. The second-order valence-corrected chi connectivity index (χ2v) is 11.1. The van der Waals surface area contributed by atoms with Crippen molar-refractivity contribution in [2.24, 2.45) is 0 Å². The number of fused-ring (bicyclic) bond motifs is 6. The Bertz CT molecular complexity index is 1880. The molecule has 8 rings (SSSR count). The number of nitrogens with zero attached hydrogens (tertiary/aromatic N) is 3. The van der Waals surface area contributed by atoms with Crippen LogP contribution in [0.1, 0.15) is 46.6 Å². The van der Waals surface area contributed by atoms with Crippen LogP contribution < -0.4 is 0 Å². The van der Waals surface area contributed by atoms with Crippen molar-refractivity contribution in [3.8, 4) is 22.5 Å². The van der Waals surface area contributed by atoms with E-state index in [2.05, 4.69) is 120 Å². The van der Waals surface area contributed by atoms with E-state index in [1.54, 1.807) is 0 Å². The lowest BCUT2D eigenvalue weighted by Gasteiger charge is -2.18. The van der Waals surface area contributed by atoms with Crippen molar-refractivity contribution in [2.75, 3.05) is 0 Å². The average molecular weight is 518 g/mol. The van der Waals surface area contributed by atoms with Gasteiger partial charge in [-0.3, -0.25) is 4.98 Å². The highest BCUT2D eigenvalue weighted by atomic mass is 15.0. The number of para-hydroxylation sites is 2. The summed E-state index contributed by atoms with van der Waals surface area (Å²) in [5, 5.41) is 2.64. The van der Waals surface area contributed by atoms with Gasteiger partial charge in [0.1, 0.15) is 0 Å². The smallest absolute Gasteiger partial charge is 0.0648 e. The van der Waals surface area contributed by atoms with E-state index in [0.29, 0.717) is 0 Å². The zero-order valence-corrected chi connectivity index (χ0v) is 23.0. The lowest BCUT2D eigenvalue weighted by Crippen LogP contribution is -2.05. The fourth-order valence-corrected chi connectivity index (χ4v) is 6.89. The third-order valence-electron chi connectivity index (χ3n) is 8.80. The molecule has 0 radical (unpaired) electrons. The molecule has 3 aromatic carbocycles. The van der Waals surface area contributed by atoms with Crippen LogP contribution in [0.5, 0.6) is 0 Å². The zero-order chi connectivity index (χ0) is 26.8. The molecule has 2 aliphatic rings. The van der Waals surface area contributed by atoms with Gasteiger partial charge >= 0.3 is 0 Å². The Morgan fingerprint density at radius 1 is 0.625 bits per heavy atom. The maximum atomic E-state index is 4.97. The topological polar surface area (TPSA) is 22.8 Å². The van der Waals surface area contributed by atoms with Crippen LogP contribution in [0, 0.1) is 13.8 Å². The molecule has 6 aromatic rings. The van der Waals surface area contributed by atoms with Crippen LogP contribution in [-0.4, -0.2) is 14.1 Å². The number of allylic oxidation sites excluding steroid dienone is 2. The van der Waals surface area contributed by atoms with E-state index in [1.165, 1.54) is 66.7 Å². The summed E-state index contributed by atoms with van der Waals surface area (Å²) in [5.41, 5.74) is 15.1. The predicted molar refractivity (Wildman–Crippen MR) is 168 cm³/mol. The third-order valence-corrected chi connectivity index (χ3v) is 8.80. The SMILES string of the molecule is Cc1ccc(-n2c3c(c4ccccc42)C=CCC3)cc1-c1cc(-n2c3c(c4ccccc42)C=CCC3)cnc1C. The number of aromatic nitrogens is 3. The lowest BCUT2D eigenvalue weighted by molar-refractivity contribution is 0.884. The monoisotopic (exact) mass is 517 g/mol. The van der Waals surface area contributed by atoms with Gasteiger partial charge in [0.05, 0.1) is 22.9 Å². The predicted octanol–water partition coefficient (Wildman–Crippen LogP) is 9.17. The molecular formula is C37H31N3. The molecular weight excluding hydrogens is 486 g/mol. The fourth-order valence-electron chi connectivity index (χ4n) is 6.89. The highest BCUT2D eigenvalue weighted by Crippen LogP contribution is 2.38. The molecule has 0 spiro atoms. The Kier molecular flexibility index (Phi) is 5.21. The van der Waals surface area contributed by atoms with E-state index in [-0.39, 0.29) is 0 Å². The normalized spacial score (nSPS) is 14.2. The van der Waals surface area contributed by atoms with Gasteiger partial charge in [-0.25, -0.2) is 0 Å². The molecule has 0 fully saturated rings. The largest absolute Gasteiger partial charge is 0.313 e. The minimum absolute atomic E-state index is 1.04. The zero-order valence-electron chi connectivity index (χ0n) is 23.0. The summed E-state index contributed by atoms with van der Waals surface area (Å²) in [6.45, 7) is 4.35. The highest BCUT2D eigenvalue weighted by molar-refractivity contribution is 5.94. The molecule has 0 saturated heterocycles. The van der Waals surface area contributed by atoms with E-state index in [9.17, 15) is 0 Å². The summed E-state index contributed by atoms with van der Waals surface area (Å²) in [7, 11) is 0. The Hall–Kier alpha value is -4.63. The first-order valence-corrected chi connectivity index (χ1v) is 14.3. The first-order valence-electron chi connectivity index (χ1n) is 14.3. The number of aryl methyl sites for hydroxylation is 2. The van der Waals surface area contributed by atoms with Crippen LogP contribution in [-0.2, 0) is 12.8 Å². The molecule has 0 atom stereocenters. The first-order chi connectivity index (χ1) is 19.7. The van der Waals surface area contributed by atoms with Crippen molar-refractivity contribution < 1.29 is 0 Å². The van der Waals surface area contributed by atoms with Crippen LogP contribution in [0.4, 0.5) is 0 Å². The quantitative estimate of drug-likeness (QED) is 0.229. The van der Waals surface area contributed by atoms with Crippen molar-refractivity contribution in [1.29, 1.82) is 0 Å². The van der Waals surface area contributed by atoms with Crippen molar-refractivity contribution in [2.45, 2.75) is 39.5 Å². The van der Waals surface area contributed by atoms with Gasteiger partial charge in [-0.15, -0.1) is 0 Å². The summed E-state index contributed by atoms with van der Waals surface area (Å²) >= 11 is 0. The maximum absolute atomic E-state index is 4.97. The summed E-state index contributed by atoms with van der Waals surface area (Å²) in [5.74, 6) is 0.